The molecule has 2 aromatic rings. The highest BCUT2D eigenvalue weighted by molar-refractivity contribution is 7.12. The summed E-state index contributed by atoms with van der Waals surface area (Å²) in [5, 5.41) is 3.72. The van der Waals surface area contributed by atoms with E-state index < -0.39 is 0 Å². The minimum atomic E-state index is 0.435. The molecule has 1 N–H and O–H groups in total. The summed E-state index contributed by atoms with van der Waals surface area (Å²) < 4.78 is 0. The van der Waals surface area contributed by atoms with Crippen molar-refractivity contribution in [2.24, 2.45) is 0 Å². The molecule has 0 aliphatic heterocycles. The van der Waals surface area contributed by atoms with E-state index >= 15 is 0 Å². The van der Waals surface area contributed by atoms with Gasteiger partial charge in [-0.25, -0.2) is 0 Å². The molecule has 1 aromatic heterocycles. The minimum absolute atomic E-state index is 0.435. The van der Waals surface area contributed by atoms with Crippen LogP contribution in [0.3, 0.4) is 0 Å². The highest BCUT2D eigenvalue weighted by Gasteiger charge is 2.15. The van der Waals surface area contributed by atoms with Gasteiger partial charge < -0.3 is 5.32 Å². The zero-order valence-electron chi connectivity index (χ0n) is 13.9. The topological polar surface area (TPSA) is 12.0 Å². The van der Waals surface area contributed by atoms with Gasteiger partial charge in [0.2, 0.25) is 0 Å². The van der Waals surface area contributed by atoms with Gasteiger partial charge in [-0.15, -0.1) is 11.3 Å². The molecule has 0 saturated heterocycles. The van der Waals surface area contributed by atoms with Gasteiger partial charge in [0.1, 0.15) is 0 Å². The van der Waals surface area contributed by atoms with Crippen LogP contribution >= 0.6 is 11.3 Å². The van der Waals surface area contributed by atoms with Crippen LogP contribution in [0.4, 0.5) is 0 Å². The summed E-state index contributed by atoms with van der Waals surface area (Å²) >= 11 is 1.94. The van der Waals surface area contributed by atoms with Crippen LogP contribution in [0.2, 0.25) is 0 Å². The fourth-order valence-electron chi connectivity index (χ4n) is 2.53. The van der Waals surface area contributed by atoms with E-state index in [1.807, 2.05) is 11.3 Å². The summed E-state index contributed by atoms with van der Waals surface area (Å²) in [5.74, 6) is 0. The second-order valence-electron chi connectivity index (χ2n) is 6.02. The third kappa shape index (κ3) is 4.18. The standard InChI is InChI=1S/C19H27NS/c1-6-9-20-18(19-11-15(4)16(5)21-19)12-17-8-7-13(2)14(3)10-17/h7-8,10-11,18,20H,6,9,12H2,1-5H3. The number of rotatable bonds is 6. The predicted octanol–water partition coefficient (Wildman–Crippen LogP) is 5.27. The maximum atomic E-state index is 3.72. The van der Waals surface area contributed by atoms with Crippen molar-refractivity contribution in [3.63, 3.8) is 0 Å². The highest BCUT2D eigenvalue weighted by Crippen LogP contribution is 2.29. The average Bonchev–Trinajstić information content (AvgIpc) is 2.78. The van der Waals surface area contributed by atoms with E-state index in [4.69, 9.17) is 0 Å². The van der Waals surface area contributed by atoms with Crippen molar-refractivity contribution in [1.82, 2.24) is 5.32 Å². The molecule has 0 aliphatic rings. The third-order valence-electron chi connectivity index (χ3n) is 4.18. The first kappa shape index (κ1) is 16.3. The van der Waals surface area contributed by atoms with E-state index in [2.05, 4.69) is 64.2 Å². The molecule has 1 atom stereocenters. The molecule has 1 unspecified atom stereocenters. The van der Waals surface area contributed by atoms with Crippen molar-refractivity contribution in [3.05, 3.63) is 56.3 Å². The molecule has 0 bridgehead atoms. The molecule has 0 amide bonds. The van der Waals surface area contributed by atoms with Gasteiger partial charge in [-0.2, -0.15) is 0 Å². The molecular formula is C19H27NS. The molecule has 21 heavy (non-hydrogen) atoms. The second kappa shape index (κ2) is 7.24. The summed E-state index contributed by atoms with van der Waals surface area (Å²) in [6.07, 6.45) is 2.24. The van der Waals surface area contributed by atoms with Crippen LogP contribution in [0, 0.1) is 27.7 Å². The molecule has 2 heteroatoms. The zero-order valence-corrected chi connectivity index (χ0v) is 14.7. The smallest absolute Gasteiger partial charge is 0.0455 e. The van der Waals surface area contributed by atoms with Crippen LogP contribution in [0.1, 0.15) is 51.4 Å². The molecule has 0 aliphatic carbocycles. The van der Waals surface area contributed by atoms with Gasteiger partial charge in [0.05, 0.1) is 0 Å². The Morgan fingerprint density at radius 1 is 1.00 bits per heavy atom. The Balaban J connectivity index is 2.21. The molecule has 1 nitrogen and oxygen atoms in total. The molecule has 1 heterocycles. The van der Waals surface area contributed by atoms with E-state index in [0.29, 0.717) is 6.04 Å². The van der Waals surface area contributed by atoms with Crippen LogP contribution in [0.15, 0.2) is 24.3 Å². The molecular weight excluding hydrogens is 274 g/mol. The number of nitrogens with one attached hydrogen (secondary N) is 1. The van der Waals surface area contributed by atoms with Gasteiger partial charge in [0.25, 0.3) is 0 Å². The van der Waals surface area contributed by atoms with Crippen LogP contribution in [0.5, 0.6) is 0 Å². The number of hydrogen-bond donors (Lipinski definition) is 1. The van der Waals surface area contributed by atoms with Crippen molar-refractivity contribution in [2.75, 3.05) is 6.54 Å². The Morgan fingerprint density at radius 3 is 2.33 bits per heavy atom. The van der Waals surface area contributed by atoms with Gasteiger partial charge in [-0.3, -0.25) is 0 Å². The van der Waals surface area contributed by atoms with Crippen molar-refractivity contribution < 1.29 is 0 Å². The normalized spacial score (nSPS) is 12.6. The van der Waals surface area contributed by atoms with Gasteiger partial charge in [-0.05, 0) is 75.4 Å². The van der Waals surface area contributed by atoms with E-state index in [0.717, 1.165) is 13.0 Å². The fraction of sp³-hybridized carbons (Fsp3) is 0.474. The Bertz CT molecular complexity index is 578. The van der Waals surface area contributed by atoms with Crippen LogP contribution in [-0.2, 0) is 6.42 Å². The van der Waals surface area contributed by atoms with Crippen molar-refractivity contribution in [3.8, 4) is 0 Å². The Hall–Kier alpha value is -1.12. The quantitative estimate of drug-likeness (QED) is 0.767. The van der Waals surface area contributed by atoms with E-state index in [-0.39, 0.29) is 0 Å². The first-order valence-electron chi connectivity index (χ1n) is 7.87. The first-order valence-corrected chi connectivity index (χ1v) is 8.69. The van der Waals surface area contributed by atoms with E-state index in [1.54, 1.807) is 0 Å². The molecule has 0 fully saturated rings. The zero-order chi connectivity index (χ0) is 15.4. The Morgan fingerprint density at radius 2 is 1.76 bits per heavy atom. The summed E-state index contributed by atoms with van der Waals surface area (Å²) in [6.45, 7) is 12.1. The number of hydrogen-bond acceptors (Lipinski definition) is 2. The molecule has 0 radical (unpaired) electrons. The highest BCUT2D eigenvalue weighted by atomic mass is 32.1. The third-order valence-corrected chi connectivity index (χ3v) is 5.45. The van der Waals surface area contributed by atoms with Crippen molar-refractivity contribution >= 4 is 11.3 Å². The van der Waals surface area contributed by atoms with Gasteiger partial charge in [-0.1, -0.05) is 25.1 Å². The average molecular weight is 301 g/mol. The minimum Gasteiger partial charge on any atom is -0.309 e. The van der Waals surface area contributed by atoms with E-state index in [1.165, 1.54) is 38.4 Å². The summed E-state index contributed by atoms with van der Waals surface area (Å²) in [5.41, 5.74) is 5.61. The number of thiophene rings is 1. The van der Waals surface area contributed by atoms with Gasteiger partial charge in [0.15, 0.2) is 0 Å². The van der Waals surface area contributed by atoms with Gasteiger partial charge in [0, 0.05) is 15.8 Å². The lowest BCUT2D eigenvalue weighted by atomic mass is 10.00. The molecule has 1 aromatic carbocycles. The largest absolute Gasteiger partial charge is 0.309 e. The Labute approximate surface area is 133 Å². The number of aryl methyl sites for hydroxylation is 4. The van der Waals surface area contributed by atoms with Crippen LogP contribution in [0.25, 0.3) is 0 Å². The van der Waals surface area contributed by atoms with Crippen LogP contribution < -0.4 is 5.32 Å². The van der Waals surface area contributed by atoms with E-state index in [9.17, 15) is 0 Å². The fourth-order valence-corrected chi connectivity index (χ4v) is 3.65. The Kier molecular flexibility index (Phi) is 5.60. The predicted molar refractivity (Wildman–Crippen MR) is 94.4 cm³/mol. The van der Waals surface area contributed by atoms with Gasteiger partial charge >= 0.3 is 0 Å². The maximum absolute atomic E-state index is 3.72. The SMILES string of the molecule is CCCNC(Cc1ccc(C)c(C)c1)c1cc(C)c(C)s1. The summed E-state index contributed by atoms with van der Waals surface area (Å²) in [7, 11) is 0. The lowest BCUT2D eigenvalue weighted by molar-refractivity contribution is 0.536. The molecule has 0 spiro atoms. The first-order chi connectivity index (χ1) is 10.0. The summed E-state index contributed by atoms with van der Waals surface area (Å²) in [6, 6.07) is 9.64. The van der Waals surface area contributed by atoms with Crippen LogP contribution in [-0.4, -0.2) is 6.54 Å². The number of benzene rings is 1. The molecule has 114 valence electrons. The molecule has 2 rings (SSSR count). The second-order valence-corrected chi connectivity index (χ2v) is 7.31. The van der Waals surface area contributed by atoms with Crippen molar-refractivity contribution in [2.45, 2.75) is 53.5 Å². The monoisotopic (exact) mass is 301 g/mol. The summed E-state index contributed by atoms with van der Waals surface area (Å²) in [4.78, 5) is 2.91. The molecule has 0 saturated carbocycles. The lowest BCUT2D eigenvalue weighted by Crippen LogP contribution is -2.23. The van der Waals surface area contributed by atoms with Crippen molar-refractivity contribution in [1.29, 1.82) is 0 Å². The lowest BCUT2D eigenvalue weighted by Gasteiger charge is -2.18. The maximum Gasteiger partial charge on any atom is 0.0455 e.